The van der Waals surface area contributed by atoms with Crippen LogP contribution in [0.1, 0.15) is 212 Å². The third-order valence-electron chi connectivity index (χ3n) is 14.1. The van der Waals surface area contributed by atoms with E-state index in [1.165, 1.54) is 71.9 Å². The molecule has 2 saturated heterocycles. The molecule has 3 fully saturated rings. The first-order chi connectivity index (χ1) is 36.4. The molecule has 1 amide bonds. The van der Waals surface area contributed by atoms with Gasteiger partial charge in [0.1, 0.15) is 5.76 Å². The molecular weight excluding hydrogens is 943 g/mol. The minimum Gasteiger partial charge on any atom is -0.491 e. The van der Waals surface area contributed by atoms with Crippen LogP contribution in [0.2, 0.25) is 0 Å². The second-order valence-electron chi connectivity index (χ2n) is 21.2. The second kappa shape index (κ2) is 38.9. The van der Waals surface area contributed by atoms with Gasteiger partial charge in [0.05, 0.1) is 44.1 Å². The van der Waals surface area contributed by atoms with E-state index in [4.69, 9.17) is 18.9 Å². The molecular formula is C68H107NO7. The summed E-state index contributed by atoms with van der Waals surface area (Å²) >= 11 is 0. The lowest BCUT2D eigenvalue weighted by Gasteiger charge is -2.39. The van der Waals surface area contributed by atoms with Crippen molar-refractivity contribution in [2.24, 2.45) is 23.2 Å². The Bertz CT molecular complexity index is 2190. The Balaban J connectivity index is 0.000000540. The summed E-state index contributed by atoms with van der Waals surface area (Å²) in [6, 6.07) is 12.9. The monoisotopic (exact) mass is 1050 g/mol. The molecule has 0 radical (unpaired) electrons. The third kappa shape index (κ3) is 24.4. The number of allylic oxidation sites excluding steroid dienone is 11. The number of amides is 1. The SMILES string of the molecule is C=C/C(=C(\CCC)C(C)C)c1ccc(C(/C=C\C(=C/C)OC2CCC2)=C/C)cc1C.C=C1CCC(C)C(=O)N1.CC.CC=C(C)c1ccc(C)cc1C(=O)C(C)C.CCCCC(CC)OCCCOCC1(CO)COC1. The highest BCUT2D eigenvalue weighted by atomic mass is 16.5. The fourth-order valence-corrected chi connectivity index (χ4v) is 8.68. The summed E-state index contributed by atoms with van der Waals surface area (Å²) in [7, 11) is 0. The number of piperidine rings is 1. The van der Waals surface area contributed by atoms with Gasteiger partial charge in [-0.2, -0.15) is 0 Å². The van der Waals surface area contributed by atoms with Crippen molar-refractivity contribution in [3.05, 3.63) is 136 Å². The number of aliphatic hydroxyl groups excluding tert-OH is 1. The average molecular weight is 1050 g/mol. The second-order valence-corrected chi connectivity index (χ2v) is 21.2. The molecule has 8 heteroatoms. The van der Waals surface area contributed by atoms with E-state index in [0.717, 1.165) is 78.9 Å². The minimum absolute atomic E-state index is 0.0465. The molecule has 0 spiro atoms. The molecule has 2 heterocycles. The van der Waals surface area contributed by atoms with Gasteiger partial charge in [0, 0.05) is 36.3 Å². The van der Waals surface area contributed by atoms with Crippen molar-refractivity contribution in [3.8, 4) is 0 Å². The number of unbranched alkanes of at least 4 members (excludes halogenated alkanes) is 1. The van der Waals surface area contributed by atoms with Crippen molar-refractivity contribution in [1.82, 2.24) is 5.32 Å². The summed E-state index contributed by atoms with van der Waals surface area (Å²) in [5.41, 5.74) is 12.8. The molecule has 3 aliphatic rings. The molecule has 5 rings (SSSR count). The van der Waals surface area contributed by atoms with E-state index in [-0.39, 0.29) is 35.5 Å². The van der Waals surface area contributed by atoms with Crippen LogP contribution in [0, 0.1) is 37.0 Å². The van der Waals surface area contributed by atoms with Crippen LogP contribution in [0.5, 0.6) is 0 Å². The summed E-state index contributed by atoms with van der Waals surface area (Å²) < 4.78 is 22.6. The van der Waals surface area contributed by atoms with Crippen LogP contribution in [0.15, 0.2) is 103 Å². The quantitative estimate of drug-likeness (QED) is 0.0442. The first kappa shape index (κ1) is 69.4. The number of ketones is 1. The van der Waals surface area contributed by atoms with Gasteiger partial charge in [0.25, 0.3) is 0 Å². The zero-order chi connectivity index (χ0) is 57.2. The maximum atomic E-state index is 12.1. The number of nitrogens with one attached hydrogen (secondary N) is 1. The number of hydrogen-bond donors (Lipinski definition) is 2. The predicted molar refractivity (Wildman–Crippen MR) is 325 cm³/mol. The first-order valence-corrected chi connectivity index (χ1v) is 29.2. The fraction of sp³-hybridized carbons (Fsp3) is 0.588. The Kier molecular flexibility index (Phi) is 35.5. The molecule has 1 aliphatic carbocycles. The fourth-order valence-electron chi connectivity index (χ4n) is 8.68. The van der Waals surface area contributed by atoms with Gasteiger partial charge in [-0.3, -0.25) is 9.59 Å². The van der Waals surface area contributed by atoms with Gasteiger partial charge < -0.3 is 29.4 Å². The molecule has 76 heavy (non-hydrogen) atoms. The molecule has 2 aromatic carbocycles. The van der Waals surface area contributed by atoms with Gasteiger partial charge in [0.15, 0.2) is 5.78 Å². The maximum absolute atomic E-state index is 12.1. The van der Waals surface area contributed by atoms with E-state index in [0.29, 0.717) is 44.6 Å². The van der Waals surface area contributed by atoms with Gasteiger partial charge >= 0.3 is 0 Å². The topological polar surface area (TPSA) is 103 Å². The van der Waals surface area contributed by atoms with Crippen molar-refractivity contribution in [2.75, 3.05) is 39.6 Å². The third-order valence-corrected chi connectivity index (χ3v) is 14.1. The normalized spacial score (nSPS) is 17.2. The average Bonchev–Trinajstić information content (AvgIpc) is 3.39. The molecule has 426 valence electrons. The summed E-state index contributed by atoms with van der Waals surface area (Å²) in [6.07, 6.45) is 26.8. The summed E-state index contributed by atoms with van der Waals surface area (Å²) in [6.45, 7) is 44.7. The molecule has 0 aromatic heterocycles. The lowest BCUT2D eigenvalue weighted by molar-refractivity contribution is -0.168. The van der Waals surface area contributed by atoms with Gasteiger partial charge in [0.2, 0.25) is 5.91 Å². The number of aryl methyl sites for hydroxylation is 2. The van der Waals surface area contributed by atoms with Gasteiger partial charge in [-0.05, 0) is 162 Å². The number of benzene rings is 2. The van der Waals surface area contributed by atoms with Crippen molar-refractivity contribution in [1.29, 1.82) is 0 Å². The highest BCUT2D eigenvalue weighted by molar-refractivity contribution is 6.01. The van der Waals surface area contributed by atoms with Gasteiger partial charge in [-0.1, -0.05) is 167 Å². The Labute approximate surface area is 464 Å². The Morgan fingerprint density at radius 2 is 1.57 bits per heavy atom. The highest BCUT2D eigenvalue weighted by Gasteiger charge is 2.38. The maximum Gasteiger partial charge on any atom is 0.226 e. The van der Waals surface area contributed by atoms with Crippen molar-refractivity contribution < 1.29 is 33.6 Å². The number of rotatable bonds is 25. The van der Waals surface area contributed by atoms with Crippen molar-refractivity contribution >= 4 is 28.4 Å². The largest absolute Gasteiger partial charge is 0.491 e. The molecule has 0 bridgehead atoms. The van der Waals surface area contributed by atoms with E-state index in [2.05, 4.69) is 116 Å². The van der Waals surface area contributed by atoms with E-state index < -0.39 is 0 Å². The van der Waals surface area contributed by atoms with E-state index >= 15 is 0 Å². The zero-order valence-electron chi connectivity index (χ0n) is 50.9. The molecule has 1 saturated carbocycles. The van der Waals surface area contributed by atoms with Crippen LogP contribution in [-0.4, -0.2) is 68.6 Å². The standard InChI is InChI=1S/C29H40O.C15H30O4.C15H20O.C7H11NO.C2H6/c1-8-13-28(21(5)6)27(11-4)29-19-17-24(20-22(29)7)23(9-2)16-18-25(10-3)30-26-14-12-15-26;1-3-5-7-14(4-2)19-9-6-8-17-11-15(10-16)12-18-13-15;1-6-12(5)13-8-7-11(4)9-14(13)15(16)10(2)3;1-5-3-4-6(2)8-7(5)9;1-2/h9-11,16-21,26H,4,8,12-15H2,1-3,5-7H3;14,16H,3-13H2,1-2H3;6-10H,1-5H3;5H,2-4H2,1H3,(H,8,9);1-2H3/b18-16-,23-9+,25-10+,28-27-;;;;. The number of Topliss-reactive ketones (excluding diaryl/α,β-unsaturated/α-hetero) is 1. The predicted octanol–water partition coefficient (Wildman–Crippen LogP) is 17.5. The number of hydrogen-bond acceptors (Lipinski definition) is 7. The van der Waals surface area contributed by atoms with Gasteiger partial charge in [-0.15, -0.1) is 0 Å². The van der Waals surface area contributed by atoms with Gasteiger partial charge in [-0.25, -0.2) is 0 Å². The van der Waals surface area contributed by atoms with Crippen LogP contribution in [0.3, 0.4) is 0 Å². The summed E-state index contributed by atoms with van der Waals surface area (Å²) in [5, 5.41) is 11.9. The van der Waals surface area contributed by atoms with Crippen LogP contribution in [0.25, 0.3) is 16.7 Å². The van der Waals surface area contributed by atoms with E-state index in [9.17, 15) is 14.7 Å². The highest BCUT2D eigenvalue weighted by Crippen LogP contribution is 2.33. The van der Waals surface area contributed by atoms with E-state index in [1.807, 2.05) is 86.6 Å². The van der Waals surface area contributed by atoms with Crippen LogP contribution in [0.4, 0.5) is 0 Å². The molecule has 2 N–H and O–H groups in total. The Morgan fingerprint density at radius 1 is 0.882 bits per heavy atom. The zero-order valence-corrected chi connectivity index (χ0v) is 50.9. The molecule has 2 atom stereocenters. The summed E-state index contributed by atoms with van der Waals surface area (Å²) in [4.78, 5) is 22.9. The van der Waals surface area contributed by atoms with Crippen molar-refractivity contribution in [3.63, 3.8) is 0 Å². The molecule has 2 unspecified atom stereocenters. The smallest absolute Gasteiger partial charge is 0.226 e. The minimum atomic E-state index is -0.131. The molecule has 2 aliphatic heterocycles. The Hall–Kier alpha value is -4.60. The number of ether oxygens (including phenoxy) is 4. The van der Waals surface area contributed by atoms with Crippen LogP contribution >= 0.6 is 0 Å². The number of carbonyl (C=O) groups is 2. The van der Waals surface area contributed by atoms with E-state index in [1.54, 1.807) is 0 Å². The molecule has 2 aromatic rings. The first-order valence-electron chi connectivity index (χ1n) is 29.2. The lowest BCUT2D eigenvalue weighted by atomic mass is 9.87. The Morgan fingerprint density at radius 3 is 2.04 bits per heavy atom. The lowest BCUT2D eigenvalue weighted by Crippen LogP contribution is -2.49. The van der Waals surface area contributed by atoms with Crippen molar-refractivity contribution in [2.45, 2.75) is 200 Å². The number of aliphatic hydroxyl groups is 1. The van der Waals surface area contributed by atoms with Crippen LogP contribution < -0.4 is 5.32 Å². The summed E-state index contributed by atoms with van der Waals surface area (Å²) in [5.74, 6) is 2.05. The van der Waals surface area contributed by atoms with Crippen LogP contribution in [-0.2, 0) is 23.7 Å². The molecule has 8 nitrogen and oxygen atoms in total. The number of carbonyl (C=O) groups excluding carboxylic acids is 2.